The van der Waals surface area contributed by atoms with Gasteiger partial charge in [0.2, 0.25) is 11.9 Å². The number of fused-ring (bicyclic) bond motifs is 1. The predicted molar refractivity (Wildman–Crippen MR) is 102 cm³/mol. The average Bonchev–Trinajstić information content (AvgIpc) is 2.77. The molecule has 0 radical (unpaired) electrons. The smallest absolute Gasteiger partial charge is 0.185 e. The molecule has 1 unspecified atom stereocenters. The lowest BCUT2D eigenvalue weighted by atomic mass is 9.69. The molecule has 0 N–H and O–H groups in total. The zero-order valence-corrected chi connectivity index (χ0v) is 15.0. The molecule has 122 valence electrons. The van der Waals surface area contributed by atoms with Gasteiger partial charge < -0.3 is 0 Å². The van der Waals surface area contributed by atoms with Crippen molar-refractivity contribution in [3.05, 3.63) is 81.7 Å². The van der Waals surface area contributed by atoms with E-state index in [2.05, 4.69) is 92.2 Å². The van der Waals surface area contributed by atoms with E-state index in [1.807, 2.05) is 0 Å². The highest BCUT2D eigenvalue weighted by Gasteiger charge is 2.67. The number of allylic oxidation sites excluding steroid dienone is 1. The summed E-state index contributed by atoms with van der Waals surface area (Å²) in [7, 11) is 0. The van der Waals surface area contributed by atoms with Crippen LogP contribution in [0.15, 0.2) is 60.2 Å². The minimum atomic E-state index is -0.405. The molecule has 0 aromatic heterocycles. The van der Waals surface area contributed by atoms with E-state index in [-0.39, 0.29) is 5.54 Å². The molecule has 2 atom stereocenters. The average molecular weight is 326 g/mol. The fraction of sp³-hybridized carbons (Fsp3) is 0.304. The standard InChI is InChI=1S/C23H22N2/c1-16-8-10-18(11-9-16)25-15-23-20-7-5-4-6-19(20)17(12-13-24-23)14-21(23)22(25,2)3/h4-11,14-15,17H,12H2,1-3H3/q+2/t17?,23-/m1/s1. The van der Waals surface area contributed by atoms with E-state index in [0.29, 0.717) is 5.92 Å². The second-order valence-electron chi connectivity index (χ2n) is 7.91. The molecule has 1 spiro atoms. The van der Waals surface area contributed by atoms with Crippen LogP contribution in [0.3, 0.4) is 0 Å². The molecule has 2 nitrogen and oxygen atoms in total. The van der Waals surface area contributed by atoms with Gasteiger partial charge in [-0.3, -0.25) is 0 Å². The fourth-order valence-electron chi connectivity index (χ4n) is 4.71. The van der Waals surface area contributed by atoms with Crippen LogP contribution in [0.4, 0.5) is 5.69 Å². The Bertz CT molecular complexity index is 1010. The lowest BCUT2D eigenvalue weighted by molar-refractivity contribution is -0.501. The summed E-state index contributed by atoms with van der Waals surface area (Å²) in [5.74, 6) is 0.385. The van der Waals surface area contributed by atoms with Crippen molar-refractivity contribution >= 4 is 11.9 Å². The number of nitrogens with zero attached hydrogens (tertiary/aromatic N) is 2. The van der Waals surface area contributed by atoms with Gasteiger partial charge in [-0.25, -0.2) is 0 Å². The van der Waals surface area contributed by atoms with Crippen molar-refractivity contribution in [2.75, 3.05) is 0 Å². The largest absolute Gasteiger partial charge is 0.408 e. The van der Waals surface area contributed by atoms with E-state index in [1.165, 1.54) is 28.0 Å². The van der Waals surface area contributed by atoms with Crippen LogP contribution in [-0.4, -0.2) is 16.3 Å². The first-order chi connectivity index (χ1) is 12.0. The van der Waals surface area contributed by atoms with E-state index in [1.54, 1.807) is 0 Å². The zero-order chi connectivity index (χ0) is 17.2. The van der Waals surface area contributed by atoms with Crippen molar-refractivity contribution in [2.24, 2.45) is 0 Å². The quantitative estimate of drug-likeness (QED) is 0.505. The first-order valence-corrected chi connectivity index (χ1v) is 9.01. The first kappa shape index (κ1) is 14.7. The molecule has 3 aliphatic heterocycles. The van der Waals surface area contributed by atoms with Gasteiger partial charge in [0, 0.05) is 31.9 Å². The Labute approximate surface area is 149 Å². The maximum atomic E-state index is 4.99. The molecular weight excluding hydrogens is 304 g/mol. The molecule has 0 saturated heterocycles. The number of aryl methyl sites for hydroxylation is 1. The number of hydrogen-bond acceptors (Lipinski definition) is 0. The highest BCUT2D eigenvalue weighted by molar-refractivity contribution is 5.85. The molecular formula is C23H22N2+2. The molecule has 25 heavy (non-hydrogen) atoms. The molecule has 6 rings (SSSR count). The van der Waals surface area contributed by atoms with Crippen molar-refractivity contribution in [1.82, 2.24) is 0 Å². The van der Waals surface area contributed by atoms with E-state index >= 15 is 0 Å². The normalized spacial score (nSPS) is 27.4. The summed E-state index contributed by atoms with van der Waals surface area (Å²) in [6.45, 7) is 6.75. The highest BCUT2D eigenvalue weighted by atomic mass is 15.2. The van der Waals surface area contributed by atoms with Crippen LogP contribution in [0, 0.1) is 13.0 Å². The third kappa shape index (κ3) is 1.81. The third-order valence-electron chi connectivity index (χ3n) is 6.01. The topological polar surface area (TPSA) is 7.37 Å². The van der Waals surface area contributed by atoms with Crippen LogP contribution in [0.2, 0.25) is 0 Å². The molecule has 0 fully saturated rings. The van der Waals surface area contributed by atoms with Crippen LogP contribution in [-0.2, 0) is 5.54 Å². The lowest BCUT2D eigenvalue weighted by Gasteiger charge is -2.26. The van der Waals surface area contributed by atoms with E-state index in [0.717, 1.165) is 6.42 Å². The summed E-state index contributed by atoms with van der Waals surface area (Å²) < 4.78 is 2.40. The Balaban J connectivity index is 1.81. The first-order valence-electron chi connectivity index (χ1n) is 9.01. The van der Waals surface area contributed by atoms with Gasteiger partial charge in [0.05, 0.1) is 12.0 Å². The van der Waals surface area contributed by atoms with Crippen LogP contribution in [0.1, 0.15) is 42.9 Å². The highest BCUT2D eigenvalue weighted by Crippen LogP contribution is 2.54. The molecule has 3 heterocycles. The second-order valence-corrected chi connectivity index (χ2v) is 7.91. The van der Waals surface area contributed by atoms with Crippen LogP contribution >= 0.6 is 0 Å². The minimum Gasteiger partial charge on any atom is -0.185 e. The maximum Gasteiger partial charge on any atom is 0.408 e. The summed E-state index contributed by atoms with van der Waals surface area (Å²) in [4.78, 5) is 4.99. The Kier molecular flexibility index (Phi) is 2.76. The molecule has 0 amide bonds. The Morgan fingerprint density at radius 3 is 2.64 bits per heavy atom. The molecule has 1 aliphatic carbocycles. The van der Waals surface area contributed by atoms with Gasteiger partial charge in [-0.15, -0.1) is 0 Å². The van der Waals surface area contributed by atoms with Crippen molar-refractivity contribution in [1.29, 1.82) is 0 Å². The molecule has 2 aromatic rings. The third-order valence-corrected chi connectivity index (χ3v) is 6.01. The van der Waals surface area contributed by atoms with E-state index in [9.17, 15) is 0 Å². The summed E-state index contributed by atoms with van der Waals surface area (Å²) in [6.07, 6.45) is 5.64. The lowest BCUT2D eigenvalue weighted by Crippen LogP contribution is -2.36. The Hall–Kier alpha value is -2.66. The van der Waals surface area contributed by atoms with Crippen LogP contribution in [0.5, 0.6) is 0 Å². The zero-order valence-electron chi connectivity index (χ0n) is 15.0. The summed E-state index contributed by atoms with van der Waals surface area (Å²) in [5.41, 5.74) is 6.09. The Morgan fingerprint density at radius 2 is 1.84 bits per heavy atom. The fourth-order valence-corrected chi connectivity index (χ4v) is 4.71. The minimum absolute atomic E-state index is 0.115. The van der Waals surface area contributed by atoms with Gasteiger partial charge >= 0.3 is 5.54 Å². The van der Waals surface area contributed by atoms with E-state index < -0.39 is 5.54 Å². The predicted octanol–water partition coefficient (Wildman–Crippen LogP) is 5.16. The van der Waals surface area contributed by atoms with Gasteiger partial charge in [0.15, 0.2) is 5.54 Å². The van der Waals surface area contributed by atoms with Gasteiger partial charge in [-0.1, -0.05) is 46.8 Å². The molecule has 2 bridgehead atoms. The number of rotatable bonds is 1. The number of hydrogen-bond donors (Lipinski definition) is 0. The van der Waals surface area contributed by atoms with Crippen LogP contribution in [0.25, 0.3) is 4.85 Å². The maximum absolute atomic E-state index is 4.99. The SMILES string of the molecule is Cc1ccc([N+]2=C[C@]34[N+]#CCC(C=C3C2(C)C)c2ccccc24)cc1. The summed E-state index contributed by atoms with van der Waals surface area (Å²) >= 11 is 0. The van der Waals surface area contributed by atoms with Gasteiger partial charge in [-0.05, 0) is 18.6 Å². The van der Waals surface area contributed by atoms with Crippen molar-refractivity contribution in [3.8, 4) is 6.07 Å². The summed E-state index contributed by atoms with van der Waals surface area (Å²) in [6, 6.07) is 20.9. The Morgan fingerprint density at radius 1 is 1.08 bits per heavy atom. The van der Waals surface area contributed by atoms with Crippen molar-refractivity contribution in [3.63, 3.8) is 0 Å². The molecule has 4 aliphatic rings. The second kappa shape index (κ2) is 4.70. The van der Waals surface area contributed by atoms with Crippen molar-refractivity contribution < 1.29 is 4.58 Å². The molecule has 2 aromatic carbocycles. The monoisotopic (exact) mass is 326 g/mol. The van der Waals surface area contributed by atoms with E-state index in [4.69, 9.17) is 4.85 Å². The van der Waals surface area contributed by atoms with Crippen LogP contribution < -0.4 is 0 Å². The van der Waals surface area contributed by atoms with Gasteiger partial charge in [0.25, 0.3) is 6.07 Å². The van der Waals surface area contributed by atoms with Gasteiger partial charge in [0.1, 0.15) is 5.57 Å². The molecule has 2 heteroatoms. The van der Waals surface area contributed by atoms with Gasteiger partial charge in [-0.2, -0.15) is 4.58 Å². The summed E-state index contributed by atoms with van der Waals surface area (Å²) in [5, 5.41) is 0. The number of benzene rings is 2. The molecule has 0 saturated carbocycles. The van der Waals surface area contributed by atoms with Crippen molar-refractivity contribution in [2.45, 2.75) is 44.2 Å².